The highest BCUT2D eigenvalue weighted by Crippen LogP contribution is 2.61. The van der Waals surface area contributed by atoms with Gasteiger partial charge in [-0.05, 0) is 83.9 Å². The summed E-state index contributed by atoms with van der Waals surface area (Å²) in [4.78, 5) is 20.7. The zero-order chi connectivity index (χ0) is 25.2. The summed E-state index contributed by atoms with van der Waals surface area (Å²) in [6, 6.07) is 9.58. The molecule has 0 amide bonds. The molecule has 0 radical (unpaired) electrons. The summed E-state index contributed by atoms with van der Waals surface area (Å²) >= 11 is 0. The molecule has 3 aromatic rings. The summed E-state index contributed by atoms with van der Waals surface area (Å²) in [5.41, 5.74) is 5.92. The lowest BCUT2D eigenvalue weighted by Gasteiger charge is -2.38. The number of aromatic nitrogens is 2. The number of carbonyl (C=O) groups excluding carboxylic acids is 1. The largest absolute Gasteiger partial charge is 0.481 e. The van der Waals surface area contributed by atoms with Crippen LogP contribution in [0.25, 0.3) is 0 Å². The Morgan fingerprint density at radius 2 is 2.00 bits per heavy atom. The quantitative estimate of drug-likeness (QED) is 0.435. The molecule has 5 nitrogen and oxygen atoms in total. The summed E-state index contributed by atoms with van der Waals surface area (Å²) in [5, 5.41) is 0. The van der Waals surface area contributed by atoms with Crippen molar-refractivity contribution in [2.75, 3.05) is 7.11 Å². The van der Waals surface area contributed by atoms with E-state index < -0.39 is 0 Å². The fraction of sp³-hybridized carbons (Fsp3) is 0.433. The highest BCUT2D eigenvalue weighted by atomic mass is 19.1. The van der Waals surface area contributed by atoms with Crippen molar-refractivity contribution < 1.29 is 18.7 Å². The minimum atomic E-state index is -0.257. The van der Waals surface area contributed by atoms with E-state index >= 15 is 4.39 Å². The summed E-state index contributed by atoms with van der Waals surface area (Å²) in [5.74, 6) is 2.09. The van der Waals surface area contributed by atoms with Crippen molar-refractivity contribution in [1.82, 2.24) is 9.97 Å². The number of rotatable bonds is 6. The molecule has 1 saturated carbocycles. The number of benzene rings is 1. The van der Waals surface area contributed by atoms with E-state index in [2.05, 4.69) is 23.8 Å². The molecule has 3 aliphatic carbocycles. The Bertz CT molecular complexity index is 1370. The van der Waals surface area contributed by atoms with Crippen LogP contribution < -0.4 is 9.47 Å². The number of hydrogen-bond acceptors (Lipinski definition) is 5. The zero-order valence-electron chi connectivity index (χ0n) is 21.2. The van der Waals surface area contributed by atoms with Crippen LogP contribution in [0, 0.1) is 17.7 Å². The van der Waals surface area contributed by atoms with Gasteiger partial charge in [-0.1, -0.05) is 19.9 Å². The first-order chi connectivity index (χ1) is 17.3. The number of ether oxygens (including phenoxy) is 2. The van der Waals surface area contributed by atoms with Crippen molar-refractivity contribution in [3.8, 4) is 11.8 Å². The van der Waals surface area contributed by atoms with Crippen LogP contribution in [-0.4, -0.2) is 22.9 Å². The molecule has 3 aliphatic rings. The minimum Gasteiger partial charge on any atom is -0.481 e. The fourth-order valence-electron chi connectivity index (χ4n) is 6.63. The van der Waals surface area contributed by atoms with E-state index in [0.717, 1.165) is 36.0 Å². The van der Waals surface area contributed by atoms with Gasteiger partial charge in [0.05, 0.1) is 7.11 Å². The molecule has 1 unspecified atom stereocenters. The van der Waals surface area contributed by atoms with Crippen molar-refractivity contribution in [3.05, 3.63) is 81.9 Å². The second-order valence-electron chi connectivity index (χ2n) is 11.1. The van der Waals surface area contributed by atoms with Crippen LogP contribution in [-0.2, 0) is 23.2 Å². The van der Waals surface area contributed by atoms with Crippen LogP contribution in [0.1, 0.15) is 78.8 Å². The molecular weight excluding hydrogens is 455 g/mol. The predicted molar refractivity (Wildman–Crippen MR) is 134 cm³/mol. The molecule has 0 spiro atoms. The smallest absolute Gasteiger partial charge is 0.216 e. The van der Waals surface area contributed by atoms with Gasteiger partial charge < -0.3 is 9.47 Å². The SMILES string of the molecule is COc1ncccc1C1CCC(C)(C)c2cc(F)c(COc3cc4c(cn3)[C@H]3[C@@H](C4)[C@@H]3C(C)=O)cc21. The maximum atomic E-state index is 15.3. The van der Waals surface area contributed by atoms with Gasteiger partial charge in [-0.2, -0.15) is 0 Å². The van der Waals surface area contributed by atoms with Crippen LogP contribution in [0.2, 0.25) is 0 Å². The molecular formula is C30H31FN2O3. The summed E-state index contributed by atoms with van der Waals surface area (Å²) in [6.07, 6.45) is 6.34. The number of carbonyl (C=O) groups is 1. The molecule has 0 N–H and O–H groups in total. The lowest BCUT2D eigenvalue weighted by Crippen LogP contribution is -2.27. The molecule has 1 fully saturated rings. The van der Waals surface area contributed by atoms with E-state index in [1.165, 1.54) is 11.1 Å². The highest BCUT2D eigenvalue weighted by molar-refractivity contribution is 5.84. The van der Waals surface area contributed by atoms with E-state index in [1.54, 1.807) is 26.3 Å². The van der Waals surface area contributed by atoms with Gasteiger partial charge in [0.2, 0.25) is 11.8 Å². The second-order valence-corrected chi connectivity index (χ2v) is 11.1. The van der Waals surface area contributed by atoms with Crippen molar-refractivity contribution >= 4 is 5.78 Å². The molecule has 186 valence electrons. The molecule has 4 atom stereocenters. The summed E-state index contributed by atoms with van der Waals surface area (Å²) < 4.78 is 26.9. The normalized spacial score (nSPS) is 24.9. The van der Waals surface area contributed by atoms with Crippen LogP contribution in [0.15, 0.2) is 42.7 Å². The molecule has 1 aromatic carbocycles. The first kappa shape index (κ1) is 23.1. The standard InChI is InChI=1S/C30H31FN2O3/c1-16(34)27-22-10-17-12-26(33-14-23(17)28(22)27)36-15-18-11-21-19(20-6-5-9-32-29(20)35-4)7-8-30(2,3)24(21)13-25(18)31/h5-6,9,11-14,19,22,27-28H,7-8,10,15H2,1-4H3/t19?,22-,27-,28+/m0/s1. The molecule has 0 aliphatic heterocycles. The third-order valence-corrected chi connectivity index (χ3v) is 8.58. The van der Waals surface area contributed by atoms with Crippen molar-refractivity contribution in [1.29, 1.82) is 0 Å². The first-order valence-corrected chi connectivity index (χ1v) is 12.7. The van der Waals surface area contributed by atoms with Crippen molar-refractivity contribution in [2.45, 2.75) is 63.9 Å². The van der Waals surface area contributed by atoms with Gasteiger partial charge in [-0.25, -0.2) is 14.4 Å². The van der Waals surface area contributed by atoms with Gasteiger partial charge in [0, 0.05) is 41.4 Å². The lowest BCUT2D eigenvalue weighted by atomic mass is 9.67. The van der Waals surface area contributed by atoms with Crippen molar-refractivity contribution in [3.63, 3.8) is 0 Å². The fourth-order valence-corrected chi connectivity index (χ4v) is 6.63. The van der Waals surface area contributed by atoms with E-state index in [9.17, 15) is 4.79 Å². The maximum absolute atomic E-state index is 15.3. The van der Waals surface area contributed by atoms with E-state index in [0.29, 0.717) is 29.2 Å². The molecule has 6 heteroatoms. The minimum absolute atomic E-state index is 0.0788. The number of ketones is 1. The average molecular weight is 487 g/mol. The van der Waals surface area contributed by atoms with Gasteiger partial charge >= 0.3 is 0 Å². The maximum Gasteiger partial charge on any atom is 0.216 e. The Morgan fingerprint density at radius 1 is 1.17 bits per heavy atom. The highest BCUT2D eigenvalue weighted by Gasteiger charge is 2.58. The van der Waals surface area contributed by atoms with Gasteiger partial charge in [-0.3, -0.25) is 4.79 Å². The third kappa shape index (κ3) is 3.69. The first-order valence-electron chi connectivity index (χ1n) is 12.7. The van der Waals surface area contributed by atoms with E-state index in [1.807, 2.05) is 30.5 Å². The Kier molecular flexibility index (Phi) is 5.39. The topological polar surface area (TPSA) is 61.3 Å². The number of halogens is 1. The number of hydrogen-bond donors (Lipinski definition) is 0. The summed E-state index contributed by atoms with van der Waals surface area (Å²) in [6.45, 7) is 6.13. The van der Waals surface area contributed by atoms with Gasteiger partial charge in [0.25, 0.3) is 0 Å². The van der Waals surface area contributed by atoms with E-state index in [-0.39, 0.29) is 35.5 Å². The third-order valence-electron chi connectivity index (χ3n) is 8.58. The average Bonchev–Trinajstić information content (AvgIpc) is 3.46. The zero-order valence-corrected chi connectivity index (χ0v) is 21.2. The molecule has 6 rings (SSSR count). The van der Waals surface area contributed by atoms with E-state index in [4.69, 9.17) is 9.47 Å². The van der Waals surface area contributed by atoms with Gasteiger partial charge in [0.1, 0.15) is 18.2 Å². The molecule has 2 heterocycles. The Hall–Kier alpha value is -3.28. The molecule has 0 saturated heterocycles. The number of Topliss-reactive ketones (excluding diaryl/α,β-unsaturated/α-hetero) is 1. The van der Waals surface area contributed by atoms with Gasteiger partial charge in [-0.15, -0.1) is 0 Å². The number of methoxy groups -OCH3 is 1. The summed E-state index contributed by atoms with van der Waals surface area (Å²) in [7, 11) is 1.64. The van der Waals surface area contributed by atoms with Crippen LogP contribution in [0.4, 0.5) is 4.39 Å². The molecule has 0 bridgehead atoms. The lowest BCUT2D eigenvalue weighted by molar-refractivity contribution is -0.118. The monoisotopic (exact) mass is 486 g/mol. The second kappa shape index (κ2) is 8.39. The van der Waals surface area contributed by atoms with Crippen LogP contribution in [0.3, 0.4) is 0 Å². The number of fused-ring (bicyclic) bond motifs is 4. The van der Waals surface area contributed by atoms with Crippen LogP contribution >= 0.6 is 0 Å². The van der Waals surface area contributed by atoms with Gasteiger partial charge in [0.15, 0.2) is 0 Å². The van der Waals surface area contributed by atoms with Crippen LogP contribution in [0.5, 0.6) is 11.8 Å². The number of nitrogens with zero attached hydrogens (tertiary/aromatic N) is 2. The Labute approximate surface area is 211 Å². The molecule has 36 heavy (non-hydrogen) atoms. The Morgan fingerprint density at radius 3 is 2.78 bits per heavy atom. The Balaban J connectivity index is 1.28. The van der Waals surface area contributed by atoms with Crippen molar-refractivity contribution in [2.24, 2.45) is 11.8 Å². The molecule has 2 aromatic heterocycles. The number of pyridine rings is 2. The predicted octanol–water partition coefficient (Wildman–Crippen LogP) is 5.88.